The molecular weight excluding hydrogens is 280 g/mol. The Kier molecular flexibility index (Phi) is 4.58. The minimum atomic E-state index is 0.295. The lowest BCUT2D eigenvalue weighted by Gasteiger charge is -2.49. The van der Waals surface area contributed by atoms with Gasteiger partial charge in [-0.1, -0.05) is 43.1 Å². The van der Waals surface area contributed by atoms with E-state index in [1.807, 2.05) is 12.1 Å². The van der Waals surface area contributed by atoms with Gasteiger partial charge < -0.3 is 5.32 Å². The summed E-state index contributed by atoms with van der Waals surface area (Å²) in [6.07, 6.45) is 5.28. The third-order valence-corrected chi connectivity index (χ3v) is 5.69. The van der Waals surface area contributed by atoms with Crippen LogP contribution in [0.3, 0.4) is 0 Å². The quantitative estimate of drug-likeness (QED) is 0.881. The molecule has 1 saturated heterocycles. The Morgan fingerprint density at radius 3 is 2.76 bits per heavy atom. The van der Waals surface area contributed by atoms with E-state index in [0.717, 1.165) is 30.6 Å². The van der Waals surface area contributed by atoms with Gasteiger partial charge in [0, 0.05) is 36.2 Å². The molecule has 0 radical (unpaired) electrons. The summed E-state index contributed by atoms with van der Waals surface area (Å²) in [4.78, 5) is 2.70. The first kappa shape index (κ1) is 15.3. The van der Waals surface area contributed by atoms with Gasteiger partial charge in [0.25, 0.3) is 0 Å². The number of nitrogens with one attached hydrogen (secondary N) is 1. The summed E-state index contributed by atoms with van der Waals surface area (Å²) in [6.45, 7) is 7.96. The molecule has 0 aromatic heterocycles. The molecule has 2 aliphatic rings. The van der Waals surface area contributed by atoms with Crippen molar-refractivity contribution in [2.75, 3.05) is 13.1 Å². The molecule has 116 valence electrons. The Morgan fingerprint density at radius 2 is 2.10 bits per heavy atom. The van der Waals surface area contributed by atoms with Crippen LogP contribution in [0.2, 0.25) is 5.02 Å². The molecule has 3 rings (SSSR count). The Labute approximate surface area is 133 Å². The normalized spacial score (nSPS) is 30.5. The van der Waals surface area contributed by atoms with Crippen molar-refractivity contribution in [1.29, 1.82) is 0 Å². The van der Waals surface area contributed by atoms with Crippen molar-refractivity contribution < 1.29 is 0 Å². The fourth-order valence-electron chi connectivity index (χ4n) is 3.73. The summed E-state index contributed by atoms with van der Waals surface area (Å²) in [5.41, 5.74) is 1.56. The minimum Gasteiger partial charge on any atom is -0.311 e. The van der Waals surface area contributed by atoms with Crippen LogP contribution in [0.15, 0.2) is 24.3 Å². The average Bonchev–Trinajstić information content (AvgIpc) is 3.30. The van der Waals surface area contributed by atoms with E-state index in [2.05, 4.69) is 36.2 Å². The molecule has 0 amide bonds. The van der Waals surface area contributed by atoms with E-state index in [1.165, 1.54) is 31.2 Å². The molecule has 21 heavy (non-hydrogen) atoms. The van der Waals surface area contributed by atoms with E-state index in [1.54, 1.807) is 0 Å². The molecule has 2 nitrogen and oxygen atoms in total. The topological polar surface area (TPSA) is 15.3 Å². The number of hydrogen-bond donors (Lipinski definition) is 1. The van der Waals surface area contributed by atoms with Gasteiger partial charge in [0.15, 0.2) is 0 Å². The predicted octanol–water partition coefficient (Wildman–Crippen LogP) is 4.08. The highest BCUT2D eigenvalue weighted by Crippen LogP contribution is 2.44. The predicted molar refractivity (Wildman–Crippen MR) is 89.7 cm³/mol. The zero-order valence-electron chi connectivity index (χ0n) is 13.2. The maximum Gasteiger partial charge on any atom is 0.0451 e. The molecule has 3 heteroatoms. The molecule has 1 N–H and O–H groups in total. The van der Waals surface area contributed by atoms with Crippen molar-refractivity contribution in [3.63, 3.8) is 0 Å². The first-order valence-corrected chi connectivity index (χ1v) is 8.73. The summed E-state index contributed by atoms with van der Waals surface area (Å²) in [7, 11) is 0. The molecule has 1 aliphatic carbocycles. The summed E-state index contributed by atoms with van der Waals surface area (Å²) in [6, 6.07) is 8.93. The number of benzene rings is 1. The molecule has 2 atom stereocenters. The van der Waals surface area contributed by atoms with E-state index in [0.29, 0.717) is 11.6 Å². The molecular formula is C18H27ClN2. The fourth-order valence-corrected chi connectivity index (χ4v) is 3.92. The van der Waals surface area contributed by atoms with Crippen LogP contribution in [-0.4, -0.2) is 29.6 Å². The van der Waals surface area contributed by atoms with Crippen LogP contribution in [0.5, 0.6) is 0 Å². The summed E-state index contributed by atoms with van der Waals surface area (Å²) in [5, 5.41) is 4.69. The summed E-state index contributed by atoms with van der Waals surface area (Å²) >= 11 is 6.39. The zero-order chi connectivity index (χ0) is 14.9. The van der Waals surface area contributed by atoms with Crippen LogP contribution in [0.1, 0.15) is 45.1 Å². The Bertz CT molecular complexity index is 486. The van der Waals surface area contributed by atoms with Crippen molar-refractivity contribution in [2.45, 2.75) is 57.7 Å². The lowest BCUT2D eigenvalue weighted by molar-refractivity contribution is 0.0260. The van der Waals surface area contributed by atoms with Gasteiger partial charge in [-0.05, 0) is 43.7 Å². The fraction of sp³-hybridized carbons (Fsp3) is 0.667. The highest BCUT2D eigenvalue weighted by atomic mass is 35.5. The maximum atomic E-state index is 6.39. The SMILES string of the molecule is CCCC1CN(Cc2ccccc2Cl)C(C)(C2CC2)CN1. The molecule has 2 fully saturated rings. The van der Waals surface area contributed by atoms with Gasteiger partial charge in [-0.2, -0.15) is 0 Å². The van der Waals surface area contributed by atoms with Gasteiger partial charge in [-0.3, -0.25) is 4.90 Å². The zero-order valence-corrected chi connectivity index (χ0v) is 14.0. The highest BCUT2D eigenvalue weighted by Gasteiger charge is 2.48. The van der Waals surface area contributed by atoms with E-state index >= 15 is 0 Å². The van der Waals surface area contributed by atoms with Gasteiger partial charge in [-0.25, -0.2) is 0 Å². The van der Waals surface area contributed by atoms with Crippen molar-refractivity contribution in [2.24, 2.45) is 5.92 Å². The lowest BCUT2D eigenvalue weighted by atomic mass is 9.88. The van der Waals surface area contributed by atoms with Crippen LogP contribution in [-0.2, 0) is 6.54 Å². The molecule has 1 aliphatic heterocycles. The van der Waals surface area contributed by atoms with E-state index in [9.17, 15) is 0 Å². The second-order valence-corrected chi connectivity index (χ2v) is 7.38. The van der Waals surface area contributed by atoms with Crippen molar-refractivity contribution in [3.8, 4) is 0 Å². The van der Waals surface area contributed by atoms with Gasteiger partial charge in [0.2, 0.25) is 0 Å². The van der Waals surface area contributed by atoms with Gasteiger partial charge in [0.1, 0.15) is 0 Å². The van der Waals surface area contributed by atoms with E-state index in [-0.39, 0.29) is 0 Å². The number of halogens is 1. The molecule has 0 bridgehead atoms. The van der Waals surface area contributed by atoms with Crippen molar-refractivity contribution >= 4 is 11.6 Å². The van der Waals surface area contributed by atoms with Crippen LogP contribution >= 0.6 is 11.6 Å². The third kappa shape index (κ3) is 3.28. The summed E-state index contributed by atoms with van der Waals surface area (Å²) in [5.74, 6) is 0.857. The van der Waals surface area contributed by atoms with Gasteiger partial charge >= 0.3 is 0 Å². The van der Waals surface area contributed by atoms with Crippen LogP contribution in [0.4, 0.5) is 0 Å². The van der Waals surface area contributed by atoms with Crippen LogP contribution in [0, 0.1) is 5.92 Å². The number of hydrogen-bond acceptors (Lipinski definition) is 2. The Balaban J connectivity index is 1.78. The van der Waals surface area contributed by atoms with Gasteiger partial charge in [0.05, 0.1) is 0 Å². The van der Waals surface area contributed by atoms with Gasteiger partial charge in [-0.15, -0.1) is 0 Å². The van der Waals surface area contributed by atoms with Crippen molar-refractivity contribution in [3.05, 3.63) is 34.9 Å². The number of nitrogens with zero attached hydrogens (tertiary/aromatic N) is 1. The molecule has 2 unspecified atom stereocenters. The second-order valence-electron chi connectivity index (χ2n) is 6.97. The Hall–Kier alpha value is -0.570. The second kappa shape index (κ2) is 6.28. The third-order valence-electron chi connectivity index (χ3n) is 5.32. The molecule has 1 aromatic carbocycles. The molecule has 1 heterocycles. The highest BCUT2D eigenvalue weighted by molar-refractivity contribution is 6.31. The number of piperazine rings is 1. The monoisotopic (exact) mass is 306 g/mol. The molecule has 0 spiro atoms. The first-order chi connectivity index (χ1) is 10.1. The lowest BCUT2D eigenvalue weighted by Crippen LogP contribution is -2.63. The maximum absolute atomic E-state index is 6.39. The largest absolute Gasteiger partial charge is 0.311 e. The van der Waals surface area contributed by atoms with Crippen LogP contribution in [0.25, 0.3) is 0 Å². The van der Waals surface area contributed by atoms with Crippen molar-refractivity contribution in [1.82, 2.24) is 10.2 Å². The summed E-state index contributed by atoms with van der Waals surface area (Å²) < 4.78 is 0. The van der Waals surface area contributed by atoms with Crippen LogP contribution < -0.4 is 5.32 Å². The minimum absolute atomic E-state index is 0.295. The van der Waals surface area contributed by atoms with E-state index < -0.39 is 0 Å². The van der Waals surface area contributed by atoms with E-state index in [4.69, 9.17) is 11.6 Å². The first-order valence-electron chi connectivity index (χ1n) is 8.35. The standard InChI is InChI=1S/C18H27ClN2/c1-3-6-16-12-21(11-14-7-4-5-8-17(14)19)18(2,13-20-16)15-9-10-15/h4-5,7-8,15-16,20H,3,6,9-13H2,1-2H3. The average molecular weight is 307 g/mol. The smallest absolute Gasteiger partial charge is 0.0451 e. The molecule has 1 aromatic rings. The number of rotatable bonds is 5. The Morgan fingerprint density at radius 1 is 1.33 bits per heavy atom. The molecule has 1 saturated carbocycles.